The number of likely N-dealkylation sites (tertiary alicyclic amines) is 1. The summed E-state index contributed by atoms with van der Waals surface area (Å²) in [6.45, 7) is 5.20. The largest absolute Gasteiger partial charge is 0.385 e. The van der Waals surface area contributed by atoms with Gasteiger partial charge in [-0.25, -0.2) is 0 Å². The molecule has 0 spiro atoms. The summed E-state index contributed by atoms with van der Waals surface area (Å²) in [5, 5.41) is 0. The van der Waals surface area contributed by atoms with Crippen LogP contribution in [0.25, 0.3) is 0 Å². The number of hydrogen-bond donors (Lipinski definition) is 0. The summed E-state index contributed by atoms with van der Waals surface area (Å²) in [6.07, 6.45) is 4.28. The van der Waals surface area contributed by atoms with Gasteiger partial charge >= 0.3 is 0 Å². The van der Waals surface area contributed by atoms with Gasteiger partial charge in [-0.1, -0.05) is 6.92 Å². The van der Waals surface area contributed by atoms with E-state index in [1.54, 1.807) is 12.0 Å². The zero-order chi connectivity index (χ0) is 12.4. The van der Waals surface area contributed by atoms with Crippen LogP contribution in [0, 0.1) is 0 Å². The Balaban J connectivity index is 0.000000385. The molecular formula is C12H26N2O2. The average molecular weight is 230 g/mol. The first kappa shape index (κ1) is 15.4. The molecule has 0 aromatic heterocycles. The Kier molecular flexibility index (Phi) is 9.24. The topological polar surface area (TPSA) is 32.8 Å². The Morgan fingerprint density at radius 1 is 1.44 bits per heavy atom. The van der Waals surface area contributed by atoms with E-state index in [-0.39, 0.29) is 0 Å². The van der Waals surface area contributed by atoms with Crippen LogP contribution in [0.15, 0.2) is 0 Å². The lowest BCUT2D eigenvalue weighted by Gasteiger charge is -2.32. The van der Waals surface area contributed by atoms with Crippen LogP contribution in [-0.4, -0.2) is 63.2 Å². The van der Waals surface area contributed by atoms with Crippen molar-refractivity contribution in [3.63, 3.8) is 0 Å². The van der Waals surface area contributed by atoms with Crippen LogP contribution in [0.1, 0.15) is 26.2 Å². The third-order valence-electron chi connectivity index (χ3n) is 2.84. The smallest absolute Gasteiger partial charge is 0.209 e. The van der Waals surface area contributed by atoms with Crippen molar-refractivity contribution in [2.45, 2.75) is 32.2 Å². The van der Waals surface area contributed by atoms with Gasteiger partial charge in [0.15, 0.2) is 0 Å². The predicted molar refractivity (Wildman–Crippen MR) is 66.5 cm³/mol. The SMILES string of the molecule is CCCOC.CN1CCC(N(C)C=O)CC1. The Hall–Kier alpha value is -0.610. The van der Waals surface area contributed by atoms with Crippen LogP contribution in [0.5, 0.6) is 0 Å². The maximum absolute atomic E-state index is 10.4. The minimum absolute atomic E-state index is 0.476. The zero-order valence-electron chi connectivity index (χ0n) is 11.1. The van der Waals surface area contributed by atoms with Crippen molar-refractivity contribution in [3.05, 3.63) is 0 Å². The van der Waals surface area contributed by atoms with Gasteiger partial charge in [0.25, 0.3) is 0 Å². The normalized spacial score (nSPS) is 17.5. The minimum Gasteiger partial charge on any atom is -0.385 e. The lowest BCUT2D eigenvalue weighted by Crippen LogP contribution is -2.41. The van der Waals surface area contributed by atoms with Gasteiger partial charge in [0.2, 0.25) is 6.41 Å². The molecule has 4 nitrogen and oxygen atoms in total. The molecule has 4 heteroatoms. The molecule has 96 valence electrons. The molecule has 1 aliphatic rings. The standard InChI is InChI=1S/C8H16N2O.C4H10O/c1-9-5-3-8(4-6-9)10(2)7-11;1-3-4-5-2/h7-8H,3-6H2,1-2H3;3-4H2,1-2H3. The second-order valence-electron chi connectivity index (χ2n) is 4.30. The van der Waals surface area contributed by atoms with E-state index in [0.29, 0.717) is 6.04 Å². The molecule has 1 rings (SSSR count). The molecule has 0 atom stereocenters. The van der Waals surface area contributed by atoms with E-state index in [1.165, 1.54) is 0 Å². The Labute approximate surface area is 99.5 Å². The number of nitrogens with zero attached hydrogens (tertiary/aromatic N) is 2. The summed E-state index contributed by atoms with van der Waals surface area (Å²) < 4.78 is 4.69. The highest BCUT2D eigenvalue weighted by atomic mass is 16.5. The number of methoxy groups -OCH3 is 1. The minimum atomic E-state index is 0.476. The van der Waals surface area contributed by atoms with E-state index in [9.17, 15) is 4.79 Å². The van der Waals surface area contributed by atoms with Crippen LogP contribution in [0.3, 0.4) is 0 Å². The van der Waals surface area contributed by atoms with Crippen LogP contribution in [0.4, 0.5) is 0 Å². The van der Waals surface area contributed by atoms with Gasteiger partial charge in [-0.15, -0.1) is 0 Å². The molecular weight excluding hydrogens is 204 g/mol. The van der Waals surface area contributed by atoms with Crippen LogP contribution in [-0.2, 0) is 9.53 Å². The van der Waals surface area contributed by atoms with Crippen LogP contribution < -0.4 is 0 Å². The van der Waals surface area contributed by atoms with E-state index in [1.807, 2.05) is 7.05 Å². The number of amides is 1. The molecule has 16 heavy (non-hydrogen) atoms. The van der Waals surface area contributed by atoms with Crippen molar-refractivity contribution in [1.29, 1.82) is 0 Å². The fourth-order valence-corrected chi connectivity index (χ4v) is 1.69. The van der Waals surface area contributed by atoms with Crippen LogP contribution in [0.2, 0.25) is 0 Å². The van der Waals surface area contributed by atoms with Crippen molar-refractivity contribution in [2.75, 3.05) is 40.9 Å². The molecule has 1 fully saturated rings. The molecule has 1 heterocycles. The first-order valence-electron chi connectivity index (χ1n) is 6.00. The van der Waals surface area contributed by atoms with E-state index >= 15 is 0 Å². The molecule has 0 aromatic rings. The van der Waals surface area contributed by atoms with Crippen molar-refractivity contribution in [2.24, 2.45) is 0 Å². The van der Waals surface area contributed by atoms with Crippen molar-refractivity contribution < 1.29 is 9.53 Å². The Morgan fingerprint density at radius 3 is 2.31 bits per heavy atom. The molecule has 0 bridgehead atoms. The van der Waals surface area contributed by atoms with Gasteiger partial charge in [-0.05, 0) is 39.4 Å². The van der Waals surface area contributed by atoms with Gasteiger partial charge in [-0.3, -0.25) is 4.79 Å². The maximum Gasteiger partial charge on any atom is 0.209 e. The van der Waals surface area contributed by atoms with Crippen molar-refractivity contribution >= 4 is 6.41 Å². The summed E-state index contributed by atoms with van der Waals surface area (Å²) in [5.41, 5.74) is 0. The van der Waals surface area contributed by atoms with Gasteiger partial charge < -0.3 is 14.5 Å². The summed E-state index contributed by atoms with van der Waals surface area (Å²) >= 11 is 0. The average Bonchev–Trinajstić information content (AvgIpc) is 2.31. The second kappa shape index (κ2) is 9.60. The van der Waals surface area contributed by atoms with E-state index in [4.69, 9.17) is 4.74 Å². The first-order chi connectivity index (χ1) is 7.65. The highest BCUT2D eigenvalue weighted by Crippen LogP contribution is 2.12. The number of carbonyl (C=O) groups is 1. The number of piperidine rings is 1. The molecule has 1 amide bonds. The number of ether oxygens (including phenoxy) is 1. The number of carbonyl (C=O) groups excluding carboxylic acids is 1. The highest BCUT2D eigenvalue weighted by Gasteiger charge is 2.18. The second-order valence-corrected chi connectivity index (χ2v) is 4.30. The first-order valence-corrected chi connectivity index (χ1v) is 6.00. The lowest BCUT2D eigenvalue weighted by molar-refractivity contribution is -0.119. The molecule has 0 saturated carbocycles. The summed E-state index contributed by atoms with van der Waals surface area (Å²) in [4.78, 5) is 14.5. The molecule has 1 saturated heterocycles. The molecule has 0 aromatic carbocycles. The molecule has 0 unspecified atom stereocenters. The number of hydrogen-bond acceptors (Lipinski definition) is 3. The molecule has 0 radical (unpaired) electrons. The van der Waals surface area contributed by atoms with Crippen LogP contribution >= 0.6 is 0 Å². The Bertz CT molecular complexity index is 166. The van der Waals surface area contributed by atoms with Gasteiger partial charge in [-0.2, -0.15) is 0 Å². The molecule has 0 aliphatic carbocycles. The fourth-order valence-electron chi connectivity index (χ4n) is 1.69. The summed E-state index contributed by atoms with van der Waals surface area (Å²) in [7, 11) is 5.70. The third kappa shape index (κ3) is 6.80. The van der Waals surface area contributed by atoms with Gasteiger partial charge in [0.1, 0.15) is 0 Å². The van der Waals surface area contributed by atoms with E-state index < -0.39 is 0 Å². The summed E-state index contributed by atoms with van der Waals surface area (Å²) in [5.74, 6) is 0. The third-order valence-corrected chi connectivity index (χ3v) is 2.84. The quantitative estimate of drug-likeness (QED) is 0.681. The molecule has 0 N–H and O–H groups in total. The summed E-state index contributed by atoms with van der Waals surface area (Å²) in [6, 6.07) is 0.476. The van der Waals surface area contributed by atoms with E-state index in [2.05, 4.69) is 18.9 Å². The number of rotatable bonds is 4. The highest BCUT2D eigenvalue weighted by molar-refractivity contribution is 5.47. The van der Waals surface area contributed by atoms with Gasteiger partial charge in [0.05, 0.1) is 0 Å². The van der Waals surface area contributed by atoms with Crippen molar-refractivity contribution in [1.82, 2.24) is 9.80 Å². The van der Waals surface area contributed by atoms with E-state index in [0.717, 1.165) is 45.4 Å². The monoisotopic (exact) mass is 230 g/mol. The Morgan fingerprint density at radius 2 is 2.00 bits per heavy atom. The zero-order valence-corrected chi connectivity index (χ0v) is 11.1. The predicted octanol–water partition coefficient (Wildman–Crippen LogP) is 1.21. The van der Waals surface area contributed by atoms with Gasteiger partial charge in [0, 0.05) is 26.8 Å². The maximum atomic E-state index is 10.4. The lowest BCUT2D eigenvalue weighted by atomic mass is 10.1. The fraction of sp³-hybridized carbons (Fsp3) is 0.917. The molecule has 1 aliphatic heterocycles. The van der Waals surface area contributed by atoms with Crippen molar-refractivity contribution in [3.8, 4) is 0 Å².